The van der Waals surface area contributed by atoms with Gasteiger partial charge in [0, 0.05) is 24.7 Å². The van der Waals surface area contributed by atoms with Gasteiger partial charge < -0.3 is 11.1 Å². The van der Waals surface area contributed by atoms with Gasteiger partial charge in [-0.2, -0.15) is 0 Å². The number of aryl methyl sites for hydroxylation is 1. The van der Waals surface area contributed by atoms with E-state index in [0.29, 0.717) is 26.1 Å². The normalized spacial score (nSPS) is 9.76. The molecule has 0 aliphatic rings. The monoisotopic (exact) mass is 283 g/mol. The largest absolute Gasteiger partial charge is 0.352 e. The zero-order valence-electron chi connectivity index (χ0n) is 11.6. The molecule has 1 amide bonds. The van der Waals surface area contributed by atoms with Crippen molar-refractivity contribution in [2.75, 3.05) is 6.54 Å². The lowest BCUT2D eigenvalue weighted by Gasteiger charge is -2.07. The lowest BCUT2D eigenvalue weighted by Crippen LogP contribution is -2.24. The Hall–Kier alpha value is -2.65. The molecule has 0 atom stereocenters. The number of nitrogens with two attached hydrogens (primary N) is 1. The average Bonchev–Trinajstić information content (AvgIpc) is 3.03. The molecule has 0 saturated heterocycles. The molecule has 0 saturated carbocycles. The SMILES string of the molecule is NCC#Cc1ccccc1CNC(=O)CCn1ccnn1. The summed E-state index contributed by atoms with van der Waals surface area (Å²) in [6.07, 6.45) is 3.68. The molecule has 1 aromatic carbocycles. The van der Waals surface area contributed by atoms with E-state index < -0.39 is 0 Å². The van der Waals surface area contributed by atoms with Crippen LogP contribution in [0.1, 0.15) is 17.5 Å². The van der Waals surface area contributed by atoms with E-state index in [1.54, 1.807) is 17.1 Å². The van der Waals surface area contributed by atoms with Gasteiger partial charge in [-0.3, -0.25) is 9.48 Å². The third-order valence-electron chi connectivity index (χ3n) is 2.86. The van der Waals surface area contributed by atoms with Gasteiger partial charge >= 0.3 is 0 Å². The van der Waals surface area contributed by atoms with Gasteiger partial charge in [-0.1, -0.05) is 35.3 Å². The Morgan fingerprint density at radius 1 is 1.38 bits per heavy atom. The molecule has 21 heavy (non-hydrogen) atoms. The first kappa shape index (κ1) is 14.8. The number of benzene rings is 1. The number of nitrogens with one attached hydrogen (secondary N) is 1. The smallest absolute Gasteiger partial charge is 0.222 e. The lowest BCUT2D eigenvalue weighted by atomic mass is 10.1. The van der Waals surface area contributed by atoms with Gasteiger partial charge in [0.1, 0.15) is 0 Å². The number of aromatic nitrogens is 3. The third kappa shape index (κ3) is 4.75. The number of hydrogen-bond donors (Lipinski definition) is 2. The summed E-state index contributed by atoms with van der Waals surface area (Å²) in [5.74, 6) is 5.79. The second-order valence-corrected chi connectivity index (χ2v) is 4.36. The maximum Gasteiger partial charge on any atom is 0.222 e. The predicted molar refractivity (Wildman–Crippen MR) is 78.9 cm³/mol. The quantitative estimate of drug-likeness (QED) is 0.773. The molecule has 2 rings (SSSR count). The van der Waals surface area contributed by atoms with E-state index >= 15 is 0 Å². The first-order chi connectivity index (χ1) is 10.3. The molecular weight excluding hydrogens is 266 g/mol. The van der Waals surface area contributed by atoms with Gasteiger partial charge in [-0.15, -0.1) is 5.10 Å². The lowest BCUT2D eigenvalue weighted by molar-refractivity contribution is -0.121. The standard InChI is InChI=1S/C15H17N5O/c16-8-3-6-13-4-1-2-5-14(13)12-17-15(21)7-10-20-11-9-18-19-20/h1-2,4-5,9,11H,7-8,10,12,16H2,(H,17,21). The highest BCUT2D eigenvalue weighted by atomic mass is 16.1. The van der Waals surface area contributed by atoms with E-state index in [9.17, 15) is 4.79 Å². The molecule has 2 aromatic rings. The maximum atomic E-state index is 11.8. The minimum Gasteiger partial charge on any atom is -0.352 e. The highest BCUT2D eigenvalue weighted by Crippen LogP contribution is 2.07. The van der Waals surface area contributed by atoms with Crippen LogP contribution >= 0.6 is 0 Å². The van der Waals surface area contributed by atoms with Crippen LogP contribution in [0.2, 0.25) is 0 Å². The Balaban J connectivity index is 1.86. The molecule has 1 aromatic heterocycles. The van der Waals surface area contributed by atoms with Crippen molar-refractivity contribution in [1.29, 1.82) is 0 Å². The Morgan fingerprint density at radius 2 is 2.24 bits per heavy atom. The van der Waals surface area contributed by atoms with Gasteiger partial charge in [0.15, 0.2) is 0 Å². The third-order valence-corrected chi connectivity index (χ3v) is 2.86. The van der Waals surface area contributed by atoms with Crippen LogP contribution in [0.3, 0.4) is 0 Å². The molecule has 1 heterocycles. The van der Waals surface area contributed by atoms with Crippen LogP contribution in [0.4, 0.5) is 0 Å². The van der Waals surface area contributed by atoms with E-state index in [4.69, 9.17) is 5.73 Å². The Labute approximate surface area is 123 Å². The summed E-state index contributed by atoms with van der Waals surface area (Å²) in [4.78, 5) is 11.8. The fourth-order valence-electron chi connectivity index (χ4n) is 1.79. The summed E-state index contributed by atoms with van der Waals surface area (Å²) in [7, 11) is 0. The Morgan fingerprint density at radius 3 is 3.00 bits per heavy atom. The van der Waals surface area contributed by atoms with Crippen LogP contribution in [-0.2, 0) is 17.9 Å². The van der Waals surface area contributed by atoms with E-state index in [1.807, 2.05) is 24.3 Å². The summed E-state index contributed by atoms with van der Waals surface area (Å²) in [5, 5.41) is 10.4. The van der Waals surface area contributed by atoms with Crippen LogP contribution in [0.15, 0.2) is 36.7 Å². The first-order valence-electron chi connectivity index (χ1n) is 6.67. The van der Waals surface area contributed by atoms with E-state index in [0.717, 1.165) is 11.1 Å². The Bertz CT molecular complexity index is 640. The molecular formula is C15H17N5O. The van der Waals surface area contributed by atoms with Gasteiger partial charge in [-0.05, 0) is 11.6 Å². The molecule has 0 unspecified atom stereocenters. The zero-order valence-corrected chi connectivity index (χ0v) is 11.6. The molecule has 3 N–H and O–H groups in total. The topological polar surface area (TPSA) is 85.8 Å². The van der Waals surface area contributed by atoms with Gasteiger partial charge in [0.2, 0.25) is 5.91 Å². The minimum atomic E-state index is -0.0351. The van der Waals surface area contributed by atoms with E-state index in [2.05, 4.69) is 27.5 Å². The fraction of sp³-hybridized carbons (Fsp3) is 0.267. The summed E-state index contributed by atoms with van der Waals surface area (Å²) in [6, 6.07) is 7.69. The number of rotatable bonds is 5. The van der Waals surface area contributed by atoms with Crippen LogP contribution < -0.4 is 11.1 Å². The molecule has 0 radical (unpaired) electrons. The highest BCUT2D eigenvalue weighted by molar-refractivity contribution is 5.75. The highest BCUT2D eigenvalue weighted by Gasteiger charge is 2.04. The number of nitrogens with zero attached hydrogens (tertiary/aromatic N) is 3. The van der Waals surface area contributed by atoms with Gasteiger partial charge in [-0.25, -0.2) is 0 Å². The number of amides is 1. The molecule has 0 fully saturated rings. The van der Waals surface area contributed by atoms with Crippen molar-refractivity contribution in [3.05, 3.63) is 47.8 Å². The molecule has 0 aliphatic heterocycles. The first-order valence-corrected chi connectivity index (χ1v) is 6.67. The van der Waals surface area contributed by atoms with Crippen molar-refractivity contribution in [3.8, 4) is 11.8 Å². The second-order valence-electron chi connectivity index (χ2n) is 4.36. The van der Waals surface area contributed by atoms with Crippen LogP contribution in [0, 0.1) is 11.8 Å². The molecule has 6 nitrogen and oxygen atoms in total. The van der Waals surface area contributed by atoms with Crippen molar-refractivity contribution in [3.63, 3.8) is 0 Å². The van der Waals surface area contributed by atoms with Crippen molar-refractivity contribution in [1.82, 2.24) is 20.3 Å². The van der Waals surface area contributed by atoms with Crippen LogP contribution in [0.5, 0.6) is 0 Å². The van der Waals surface area contributed by atoms with Crippen molar-refractivity contribution < 1.29 is 4.79 Å². The molecule has 6 heteroatoms. The summed E-state index contributed by atoms with van der Waals surface area (Å²) in [5.41, 5.74) is 7.25. The number of carbonyl (C=O) groups excluding carboxylic acids is 1. The van der Waals surface area contributed by atoms with Crippen molar-refractivity contribution in [2.24, 2.45) is 5.73 Å². The van der Waals surface area contributed by atoms with Crippen LogP contribution in [0.25, 0.3) is 0 Å². The predicted octanol–water partition coefficient (Wildman–Crippen LogP) is 0.295. The fourth-order valence-corrected chi connectivity index (χ4v) is 1.79. The Kier molecular flexibility index (Phi) is 5.50. The van der Waals surface area contributed by atoms with Crippen molar-refractivity contribution >= 4 is 5.91 Å². The van der Waals surface area contributed by atoms with Gasteiger partial charge in [0.25, 0.3) is 0 Å². The minimum absolute atomic E-state index is 0.0351. The van der Waals surface area contributed by atoms with E-state index in [1.165, 1.54) is 0 Å². The molecule has 0 spiro atoms. The molecule has 108 valence electrons. The maximum absolute atomic E-state index is 11.8. The van der Waals surface area contributed by atoms with Gasteiger partial charge in [0.05, 0.1) is 19.3 Å². The average molecular weight is 283 g/mol. The second kappa shape index (κ2) is 7.82. The molecule has 0 bridgehead atoms. The number of carbonyl (C=O) groups is 1. The van der Waals surface area contributed by atoms with Crippen molar-refractivity contribution in [2.45, 2.75) is 19.5 Å². The summed E-state index contributed by atoms with van der Waals surface area (Å²) in [6.45, 7) is 1.28. The zero-order chi connectivity index (χ0) is 14.9. The summed E-state index contributed by atoms with van der Waals surface area (Å²) < 4.78 is 1.63. The van der Waals surface area contributed by atoms with Crippen LogP contribution in [-0.4, -0.2) is 27.4 Å². The van der Waals surface area contributed by atoms with E-state index in [-0.39, 0.29) is 5.91 Å². The molecule has 0 aliphatic carbocycles. The summed E-state index contributed by atoms with van der Waals surface area (Å²) >= 11 is 0. The number of hydrogen-bond acceptors (Lipinski definition) is 4.